The second-order valence-electron chi connectivity index (χ2n) is 8.05. The lowest BCUT2D eigenvalue weighted by molar-refractivity contribution is 0.104. The second-order valence-corrected chi connectivity index (χ2v) is 8.46. The van der Waals surface area contributed by atoms with Crippen LogP contribution in [0.1, 0.15) is 44.6 Å². The summed E-state index contributed by atoms with van der Waals surface area (Å²) in [5.74, 6) is 1.19. The SMILES string of the molecule is CC[C@@H](N)[C@]1(c2ccccc2)CC[C@@H](Oc2cc3ccnc(N)c3cc2Cl)CC1. The Labute approximate surface area is 177 Å². The highest BCUT2D eigenvalue weighted by atomic mass is 35.5. The first kappa shape index (κ1) is 20.0. The summed E-state index contributed by atoms with van der Waals surface area (Å²) in [5.41, 5.74) is 14.0. The van der Waals surface area contributed by atoms with E-state index in [1.807, 2.05) is 18.2 Å². The zero-order valence-electron chi connectivity index (χ0n) is 16.8. The average Bonchev–Trinajstić information content (AvgIpc) is 2.76. The third-order valence-corrected chi connectivity index (χ3v) is 6.76. The highest BCUT2D eigenvalue weighted by Crippen LogP contribution is 2.44. The highest BCUT2D eigenvalue weighted by molar-refractivity contribution is 6.33. The van der Waals surface area contributed by atoms with Crippen molar-refractivity contribution in [3.8, 4) is 5.75 Å². The molecule has 0 radical (unpaired) electrons. The van der Waals surface area contributed by atoms with Gasteiger partial charge in [0.15, 0.2) is 0 Å². The molecule has 0 spiro atoms. The molecule has 4 rings (SSSR count). The molecule has 4 N–H and O–H groups in total. The van der Waals surface area contributed by atoms with Gasteiger partial charge >= 0.3 is 0 Å². The number of rotatable bonds is 5. The van der Waals surface area contributed by atoms with Gasteiger partial charge in [0.25, 0.3) is 0 Å². The van der Waals surface area contributed by atoms with Gasteiger partial charge in [0.2, 0.25) is 0 Å². The molecule has 1 heterocycles. The van der Waals surface area contributed by atoms with Crippen LogP contribution in [0.4, 0.5) is 5.82 Å². The molecule has 0 unspecified atom stereocenters. The molecule has 29 heavy (non-hydrogen) atoms. The van der Waals surface area contributed by atoms with Gasteiger partial charge < -0.3 is 16.2 Å². The van der Waals surface area contributed by atoms with Gasteiger partial charge in [-0.05, 0) is 61.3 Å². The molecule has 0 bridgehead atoms. The summed E-state index contributed by atoms with van der Waals surface area (Å²) in [5, 5.41) is 2.41. The number of halogens is 1. The van der Waals surface area contributed by atoms with Crippen LogP contribution in [0.2, 0.25) is 5.02 Å². The third kappa shape index (κ3) is 3.79. The number of nitrogens with zero attached hydrogens (tertiary/aromatic N) is 1. The first-order valence-electron chi connectivity index (χ1n) is 10.3. The van der Waals surface area contributed by atoms with E-state index in [1.165, 1.54) is 5.56 Å². The predicted molar refractivity (Wildman–Crippen MR) is 120 cm³/mol. The average molecular weight is 410 g/mol. The van der Waals surface area contributed by atoms with E-state index in [-0.39, 0.29) is 17.6 Å². The molecular formula is C24H28ClN3O. The number of hydrogen-bond acceptors (Lipinski definition) is 4. The molecule has 1 atom stereocenters. The second kappa shape index (κ2) is 8.21. The Hall–Kier alpha value is -2.30. The molecule has 1 aliphatic rings. The fraction of sp³-hybridized carbons (Fsp3) is 0.375. The van der Waals surface area contributed by atoms with Crippen LogP contribution in [0.15, 0.2) is 54.7 Å². The zero-order chi connectivity index (χ0) is 20.4. The van der Waals surface area contributed by atoms with Crippen LogP contribution in [-0.2, 0) is 5.41 Å². The molecule has 1 fully saturated rings. The maximum atomic E-state index is 6.63. The van der Waals surface area contributed by atoms with Gasteiger partial charge in [0, 0.05) is 23.0 Å². The van der Waals surface area contributed by atoms with Crippen molar-refractivity contribution in [1.82, 2.24) is 4.98 Å². The van der Waals surface area contributed by atoms with Crippen molar-refractivity contribution in [3.05, 3.63) is 65.3 Å². The Balaban J connectivity index is 1.54. The minimum absolute atomic E-state index is 0.0170. The van der Waals surface area contributed by atoms with Gasteiger partial charge in [-0.15, -0.1) is 0 Å². The smallest absolute Gasteiger partial charge is 0.138 e. The molecule has 152 valence electrons. The molecule has 2 aromatic carbocycles. The van der Waals surface area contributed by atoms with Crippen LogP contribution in [0, 0.1) is 0 Å². The van der Waals surface area contributed by atoms with E-state index < -0.39 is 0 Å². The van der Waals surface area contributed by atoms with Crippen LogP contribution in [-0.4, -0.2) is 17.1 Å². The minimum atomic E-state index is 0.0170. The number of hydrogen-bond donors (Lipinski definition) is 2. The first-order valence-corrected chi connectivity index (χ1v) is 10.7. The number of aromatic nitrogens is 1. The molecule has 1 aliphatic carbocycles. The van der Waals surface area contributed by atoms with Crippen LogP contribution in [0.25, 0.3) is 10.8 Å². The maximum absolute atomic E-state index is 6.63. The Morgan fingerprint density at radius 2 is 1.90 bits per heavy atom. The van der Waals surface area contributed by atoms with Gasteiger partial charge in [-0.25, -0.2) is 4.98 Å². The normalized spacial score (nSPS) is 23.1. The van der Waals surface area contributed by atoms with Gasteiger partial charge in [-0.2, -0.15) is 0 Å². The van der Waals surface area contributed by atoms with Crippen LogP contribution < -0.4 is 16.2 Å². The largest absolute Gasteiger partial charge is 0.489 e. The van der Waals surface area contributed by atoms with Crippen molar-refractivity contribution in [2.75, 3.05) is 5.73 Å². The first-order chi connectivity index (χ1) is 14.0. The summed E-state index contributed by atoms with van der Waals surface area (Å²) in [6.07, 6.45) is 6.73. The van der Waals surface area contributed by atoms with Crippen LogP contribution >= 0.6 is 11.6 Å². The Morgan fingerprint density at radius 3 is 2.59 bits per heavy atom. The topological polar surface area (TPSA) is 74.2 Å². The van der Waals surface area contributed by atoms with Gasteiger partial charge in [0.05, 0.1) is 11.1 Å². The van der Waals surface area contributed by atoms with Gasteiger partial charge in [0.1, 0.15) is 11.6 Å². The quantitative estimate of drug-likeness (QED) is 0.586. The van der Waals surface area contributed by atoms with Crippen LogP contribution in [0.5, 0.6) is 5.75 Å². The van der Waals surface area contributed by atoms with Crippen molar-refractivity contribution in [3.63, 3.8) is 0 Å². The minimum Gasteiger partial charge on any atom is -0.489 e. The van der Waals surface area contributed by atoms with Gasteiger partial charge in [-0.3, -0.25) is 0 Å². The summed E-state index contributed by atoms with van der Waals surface area (Å²) in [6, 6.07) is 16.6. The van der Waals surface area contributed by atoms with E-state index in [0.29, 0.717) is 16.6 Å². The summed E-state index contributed by atoms with van der Waals surface area (Å²) in [7, 11) is 0. The number of fused-ring (bicyclic) bond motifs is 1. The summed E-state index contributed by atoms with van der Waals surface area (Å²) >= 11 is 6.49. The summed E-state index contributed by atoms with van der Waals surface area (Å²) in [6.45, 7) is 2.17. The number of nitrogens with two attached hydrogens (primary N) is 2. The molecule has 0 amide bonds. The molecule has 1 aromatic heterocycles. The van der Waals surface area contributed by atoms with Crippen molar-refractivity contribution >= 4 is 28.2 Å². The molecular weight excluding hydrogens is 382 g/mol. The fourth-order valence-corrected chi connectivity index (χ4v) is 4.93. The van der Waals surface area contributed by atoms with E-state index in [9.17, 15) is 0 Å². The molecule has 4 nitrogen and oxygen atoms in total. The molecule has 3 aromatic rings. The van der Waals surface area contributed by atoms with E-state index in [2.05, 4.69) is 42.2 Å². The van der Waals surface area contributed by atoms with Crippen LogP contribution in [0.3, 0.4) is 0 Å². The van der Waals surface area contributed by atoms with Gasteiger partial charge in [-0.1, -0.05) is 48.9 Å². The highest BCUT2D eigenvalue weighted by Gasteiger charge is 2.41. The Morgan fingerprint density at radius 1 is 1.17 bits per heavy atom. The predicted octanol–water partition coefficient (Wildman–Crippen LogP) is 5.47. The number of ether oxygens (including phenoxy) is 1. The van der Waals surface area contributed by atoms with Crippen molar-refractivity contribution < 1.29 is 4.74 Å². The Kier molecular flexibility index (Phi) is 5.66. The number of pyridine rings is 1. The Bertz CT molecular complexity index is 984. The summed E-state index contributed by atoms with van der Waals surface area (Å²) in [4.78, 5) is 4.13. The number of anilines is 1. The monoisotopic (exact) mass is 409 g/mol. The maximum Gasteiger partial charge on any atom is 0.138 e. The van der Waals surface area contributed by atoms with E-state index in [1.54, 1.807) is 6.20 Å². The van der Waals surface area contributed by atoms with E-state index >= 15 is 0 Å². The van der Waals surface area contributed by atoms with Crippen molar-refractivity contribution in [1.29, 1.82) is 0 Å². The lowest BCUT2D eigenvalue weighted by Crippen LogP contribution is -2.48. The molecule has 1 saturated carbocycles. The molecule has 0 aliphatic heterocycles. The molecule has 0 saturated heterocycles. The summed E-state index contributed by atoms with van der Waals surface area (Å²) < 4.78 is 6.34. The number of nitrogen functional groups attached to an aromatic ring is 1. The number of benzene rings is 2. The molecule has 5 heteroatoms. The lowest BCUT2D eigenvalue weighted by Gasteiger charge is -2.44. The lowest BCUT2D eigenvalue weighted by atomic mass is 9.64. The van der Waals surface area contributed by atoms with E-state index in [4.69, 9.17) is 27.8 Å². The fourth-order valence-electron chi connectivity index (χ4n) is 4.72. The zero-order valence-corrected chi connectivity index (χ0v) is 17.5. The van der Waals surface area contributed by atoms with E-state index in [0.717, 1.165) is 42.9 Å². The van der Waals surface area contributed by atoms with Crippen molar-refractivity contribution in [2.24, 2.45) is 5.73 Å². The standard InChI is InChI=1S/C24H28ClN3O/c1-2-22(26)24(17-6-4-3-5-7-17)11-8-18(9-12-24)29-21-14-16-10-13-28-23(27)19(16)15-20(21)25/h3-7,10,13-15,18,22H,2,8-9,11-12,26H2,1H3,(H2,27,28)/t18-,22-,24-/m1/s1. The third-order valence-electron chi connectivity index (χ3n) is 6.46. The van der Waals surface area contributed by atoms with Crippen molar-refractivity contribution in [2.45, 2.75) is 56.6 Å².